The molecule has 1 aromatic carbocycles. The van der Waals surface area contributed by atoms with E-state index in [9.17, 15) is 4.39 Å². The van der Waals surface area contributed by atoms with Gasteiger partial charge < -0.3 is 4.74 Å². The molecule has 0 saturated heterocycles. The van der Waals surface area contributed by atoms with Gasteiger partial charge in [-0.05, 0) is 18.2 Å². The summed E-state index contributed by atoms with van der Waals surface area (Å²) in [6.45, 7) is 0. The number of nitrogens with zero attached hydrogens (tertiary/aromatic N) is 1. The first kappa shape index (κ1) is 12.0. The quantitative estimate of drug-likeness (QED) is 0.645. The van der Waals surface area contributed by atoms with Crippen molar-refractivity contribution in [1.82, 2.24) is 10.4 Å². The molecule has 0 spiro atoms. The summed E-state index contributed by atoms with van der Waals surface area (Å²) < 4.78 is 18.5. The van der Waals surface area contributed by atoms with E-state index in [0.29, 0.717) is 11.3 Å². The lowest BCUT2D eigenvalue weighted by atomic mass is 10.0. The van der Waals surface area contributed by atoms with Crippen molar-refractivity contribution in [2.75, 3.05) is 7.11 Å². The van der Waals surface area contributed by atoms with Gasteiger partial charge in [0, 0.05) is 10.9 Å². The highest BCUT2D eigenvalue weighted by molar-refractivity contribution is 7.07. The van der Waals surface area contributed by atoms with Crippen LogP contribution in [0.4, 0.5) is 4.39 Å². The highest BCUT2D eigenvalue weighted by Crippen LogP contribution is 2.29. The number of hydrogen-bond acceptors (Lipinski definition) is 5. The average molecular weight is 253 g/mol. The van der Waals surface area contributed by atoms with E-state index >= 15 is 0 Å². The van der Waals surface area contributed by atoms with Crippen LogP contribution in [0.3, 0.4) is 0 Å². The Labute approximate surface area is 102 Å². The molecule has 0 aliphatic rings. The maximum absolute atomic E-state index is 13.3. The van der Waals surface area contributed by atoms with Gasteiger partial charge in [0.1, 0.15) is 11.6 Å². The van der Waals surface area contributed by atoms with Crippen LogP contribution in [0.15, 0.2) is 29.1 Å². The normalized spacial score (nSPS) is 12.4. The summed E-state index contributed by atoms with van der Waals surface area (Å²) in [6, 6.07) is 3.92. The van der Waals surface area contributed by atoms with Gasteiger partial charge in [-0.15, -0.1) is 11.3 Å². The second-order valence-corrected chi connectivity index (χ2v) is 4.12. The van der Waals surface area contributed by atoms with Crippen molar-refractivity contribution in [2.45, 2.75) is 6.04 Å². The summed E-state index contributed by atoms with van der Waals surface area (Å²) in [5, 5.41) is 1.86. The maximum Gasteiger partial charge on any atom is 0.124 e. The molecule has 2 aromatic rings. The van der Waals surface area contributed by atoms with Crippen molar-refractivity contribution < 1.29 is 9.13 Å². The number of methoxy groups -OCH3 is 1. The fourth-order valence-corrected chi connectivity index (χ4v) is 2.21. The van der Waals surface area contributed by atoms with Crippen LogP contribution in [0.2, 0.25) is 0 Å². The number of benzene rings is 1. The van der Waals surface area contributed by atoms with Crippen LogP contribution < -0.4 is 16.0 Å². The number of nitrogens with two attached hydrogens (primary N) is 1. The van der Waals surface area contributed by atoms with Crippen molar-refractivity contribution in [3.05, 3.63) is 46.2 Å². The number of hydrogen-bond donors (Lipinski definition) is 2. The number of hydrazine groups is 1. The lowest BCUT2D eigenvalue weighted by Crippen LogP contribution is -2.29. The van der Waals surface area contributed by atoms with E-state index in [0.717, 1.165) is 5.69 Å². The molecule has 6 heteroatoms. The summed E-state index contributed by atoms with van der Waals surface area (Å²) >= 11 is 1.45. The zero-order valence-corrected chi connectivity index (χ0v) is 10.00. The molecule has 1 aromatic heterocycles. The SMILES string of the molecule is COc1ccc(F)cc1C(NN)c1cscn1. The lowest BCUT2D eigenvalue weighted by molar-refractivity contribution is 0.402. The number of halogens is 1. The van der Waals surface area contributed by atoms with Gasteiger partial charge >= 0.3 is 0 Å². The van der Waals surface area contributed by atoms with Crippen LogP contribution in [-0.4, -0.2) is 12.1 Å². The van der Waals surface area contributed by atoms with E-state index in [2.05, 4.69) is 10.4 Å². The molecule has 0 saturated carbocycles. The zero-order valence-electron chi connectivity index (χ0n) is 9.18. The molecule has 1 unspecified atom stereocenters. The zero-order chi connectivity index (χ0) is 12.3. The van der Waals surface area contributed by atoms with Crippen molar-refractivity contribution in [3.8, 4) is 5.75 Å². The monoisotopic (exact) mass is 253 g/mol. The minimum absolute atomic E-state index is 0.337. The fourth-order valence-electron chi connectivity index (χ4n) is 1.63. The third-order valence-electron chi connectivity index (χ3n) is 2.42. The maximum atomic E-state index is 13.3. The van der Waals surface area contributed by atoms with Crippen molar-refractivity contribution in [1.29, 1.82) is 0 Å². The first-order valence-electron chi connectivity index (χ1n) is 4.94. The van der Waals surface area contributed by atoms with Gasteiger partial charge in [-0.1, -0.05) is 0 Å². The predicted octanol–water partition coefficient (Wildman–Crippen LogP) is 1.84. The Bertz CT molecular complexity index is 489. The Morgan fingerprint density at radius 3 is 2.94 bits per heavy atom. The topological polar surface area (TPSA) is 60.2 Å². The molecule has 0 radical (unpaired) electrons. The van der Waals surface area contributed by atoms with Gasteiger partial charge in [0.05, 0.1) is 24.4 Å². The third kappa shape index (κ3) is 2.44. The molecule has 0 aliphatic carbocycles. The van der Waals surface area contributed by atoms with Crippen LogP contribution >= 0.6 is 11.3 Å². The van der Waals surface area contributed by atoms with Crippen LogP contribution in [0, 0.1) is 5.82 Å². The predicted molar refractivity (Wildman–Crippen MR) is 64.2 cm³/mol. The van der Waals surface area contributed by atoms with Gasteiger partial charge in [-0.2, -0.15) is 0 Å². The highest BCUT2D eigenvalue weighted by atomic mass is 32.1. The second kappa shape index (κ2) is 5.22. The summed E-state index contributed by atoms with van der Waals surface area (Å²) in [7, 11) is 1.53. The van der Waals surface area contributed by atoms with Gasteiger partial charge in [0.15, 0.2) is 0 Å². The Hall–Kier alpha value is -1.50. The molecule has 2 rings (SSSR count). The average Bonchev–Trinajstić information content (AvgIpc) is 2.84. The number of aromatic nitrogens is 1. The van der Waals surface area contributed by atoms with E-state index in [1.54, 1.807) is 11.6 Å². The lowest BCUT2D eigenvalue weighted by Gasteiger charge is -2.17. The van der Waals surface area contributed by atoms with Crippen molar-refractivity contribution in [2.24, 2.45) is 5.84 Å². The Morgan fingerprint density at radius 2 is 2.35 bits per heavy atom. The van der Waals surface area contributed by atoms with E-state index < -0.39 is 0 Å². The number of ether oxygens (including phenoxy) is 1. The molecule has 1 heterocycles. The number of rotatable bonds is 4. The summed E-state index contributed by atoms with van der Waals surface area (Å²) in [5.74, 6) is 5.74. The summed E-state index contributed by atoms with van der Waals surface area (Å²) in [5.41, 5.74) is 5.68. The standard InChI is InChI=1S/C11H12FN3OS/c1-16-10-3-2-7(12)4-8(10)11(15-13)9-5-17-6-14-9/h2-6,11,15H,13H2,1H3. The third-order valence-corrected chi connectivity index (χ3v) is 3.02. The van der Waals surface area contributed by atoms with Crippen LogP contribution in [-0.2, 0) is 0 Å². The highest BCUT2D eigenvalue weighted by Gasteiger charge is 2.19. The van der Waals surface area contributed by atoms with Gasteiger partial charge in [-0.3, -0.25) is 5.84 Å². The molecule has 0 fully saturated rings. The Balaban J connectivity index is 2.46. The molecule has 4 nitrogen and oxygen atoms in total. The first-order valence-corrected chi connectivity index (χ1v) is 5.88. The molecule has 17 heavy (non-hydrogen) atoms. The minimum Gasteiger partial charge on any atom is -0.496 e. The molecular weight excluding hydrogens is 241 g/mol. The van der Waals surface area contributed by atoms with E-state index in [-0.39, 0.29) is 11.9 Å². The van der Waals surface area contributed by atoms with Crippen LogP contribution in [0.25, 0.3) is 0 Å². The first-order chi connectivity index (χ1) is 8.26. The van der Waals surface area contributed by atoms with Gasteiger partial charge in [0.25, 0.3) is 0 Å². The van der Waals surface area contributed by atoms with Crippen molar-refractivity contribution in [3.63, 3.8) is 0 Å². The van der Waals surface area contributed by atoms with E-state index in [1.807, 2.05) is 5.38 Å². The largest absolute Gasteiger partial charge is 0.496 e. The molecule has 90 valence electrons. The van der Waals surface area contributed by atoms with Crippen LogP contribution in [0.5, 0.6) is 5.75 Å². The number of thiazole rings is 1. The number of nitrogens with one attached hydrogen (secondary N) is 1. The smallest absolute Gasteiger partial charge is 0.124 e. The second-order valence-electron chi connectivity index (χ2n) is 3.40. The Kier molecular flexibility index (Phi) is 3.68. The van der Waals surface area contributed by atoms with Gasteiger partial charge in [-0.25, -0.2) is 14.8 Å². The molecule has 0 amide bonds. The fraction of sp³-hybridized carbons (Fsp3) is 0.182. The molecular formula is C11H12FN3OS. The van der Waals surface area contributed by atoms with Crippen molar-refractivity contribution >= 4 is 11.3 Å². The molecule has 3 N–H and O–H groups in total. The van der Waals surface area contributed by atoms with E-state index in [1.165, 1.54) is 30.6 Å². The van der Waals surface area contributed by atoms with Crippen LogP contribution in [0.1, 0.15) is 17.3 Å². The van der Waals surface area contributed by atoms with Gasteiger partial charge in [0.2, 0.25) is 0 Å². The Morgan fingerprint density at radius 1 is 1.53 bits per heavy atom. The van der Waals surface area contributed by atoms with E-state index in [4.69, 9.17) is 10.6 Å². The summed E-state index contributed by atoms with van der Waals surface area (Å²) in [4.78, 5) is 4.17. The molecule has 0 aliphatic heterocycles. The molecule has 0 bridgehead atoms. The molecule has 1 atom stereocenters. The summed E-state index contributed by atoms with van der Waals surface area (Å²) in [6.07, 6.45) is 0. The minimum atomic E-state index is -0.383.